The summed E-state index contributed by atoms with van der Waals surface area (Å²) in [5, 5.41) is 4.00. The minimum absolute atomic E-state index is 0.714. The Labute approximate surface area is 94.2 Å². The van der Waals surface area contributed by atoms with Crippen LogP contribution in [-0.4, -0.2) is 26.3 Å². The maximum Gasteiger partial charge on any atom is 0.148 e. The van der Waals surface area contributed by atoms with E-state index in [2.05, 4.69) is 10.3 Å². The van der Waals surface area contributed by atoms with Crippen LogP contribution < -0.4 is 14.8 Å². The number of ether oxygens (including phenoxy) is 2. The van der Waals surface area contributed by atoms with E-state index in [1.165, 1.54) is 0 Å². The SMILES string of the molecule is CNc1ccc2cc(OC)cc(OC)c2n1. The Morgan fingerprint density at radius 3 is 2.56 bits per heavy atom. The molecule has 1 aromatic heterocycles. The van der Waals surface area contributed by atoms with Crippen molar-refractivity contribution in [2.75, 3.05) is 26.6 Å². The van der Waals surface area contributed by atoms with Gasteiger partial charge in [-0.2, -0.15) is 0 Å². The Morgan fingerprint density at radius 1 is 1.12 bits per heavy atom. The lowest BCUT2D eigenvalue weighted by Crippen LogP contribution is -1.95. The molecule has 0 bridgehead atoms. The minimum atomic E-state index is 0.714. The van der Waals surface area contributed by atoms with E-state index in [-0.39, 0.29) is 0 Å². The summed E-state index contributed by atoms with van der Waals surface area (Å²) in [6.45, 7) is 0. The number of nitrogens with zero attached hydrogens (tertiary/aromatic N) is 1. The molecular weight excluding hydrogens is 204 g/mol. The van der Waals surface area contributed by atoms with Crippen LogP contribution in [0, 0.1) is 0 Å². The zero-order chi connectivity index (χ0) is 11.5. The molecule has 0 unspecified atom stereocenters. The summed E-state index contributed by atoms with van der Waals surface area (Å²) >= 11 is 0. The van der Waals surface area contributed by atoms with Crippen molar-refractivity contribution in [2.45, 2.75) is 0 Å². The molecule has 1 N–H and O–H groups in total. The lowest BCUT2D eigenvalue weighted by Gasteiger charge is -2.09. The number of benzene rings is 1. The molecule has 2 rings (SSSR count). The molecule has 0 amide bonds. The van der Waals surface area contributed by atoms with Crippen molar-refractivity contribution in [3.63, 3.8) is 0 Å². The molecule has 2 aromatic rings. The molecule has 0 aliphatic heterocycles. The molecule has 0 spiro atoms. The number of fused-ring (bicyclic) bond motifs is 1. The maximum atomic E-state index is 5.30. The van der Waals surface area contributed by atoms with Crippen LogP contribution in [0.4, 0.5) is 5.82 Å². The second-order valence-corrected chi connectivity index (χ2v) is 3.35. The van der Waals surface area contributed by atoms with Crippen molar-refractivity contribution >= 4 is 16.7 Å². The van der Waals surface area contributed by atoms with E-state index < -0.39 is 0 Å². The number of hydrogen-bond acceptors (Lipinski definition) is 4. The first-order valence-electron chi connectivity index (χ1n) is 4.99. The van der Waals surface area contributed by atoms with Gasteiger partial charge in [-0.1, -0.05) is 0 Å². The van der Waals surface area contributed by atoms with E-state index in [1.54, 1.807) is 14.2 Å². The van der Waals surface area contributed by atoms with E-state index in [4.69, 9.17) is 9.47 Å². The van der Waals surface area contributed by atoms with Gasteiger partial charge in [-0.25, -0.2) is 4.98 Å². The molecule has 0 saturated carbocycles. The van der Waals surface area contributed by atoms with Gasteiger partial charge < -0.3 is 14.8 Å². The second-order valence-electron chi connectivity index (χ2n) is 3.35. The summed E-state index contributed by atoms with van der Waals surface area (Å²) in [7, 11) is 5.10. The first kappa shape index (κ1) is 10.5. The van der Waals surface area contributed by atoms with Gasteiger partial charge in [0.05, 0.1) is 14.2 Å². The highest BCUT2D eigenvalue weighted by atomic mass is 16.5. The van der Waals surface area contributed by atoms with E-state index in [1.807, 2.05) is 31.3 Å². The van der Waals surface area contributed by atoms with Gasteiger partial charge in [0.2, 0.25) is 0 Å². The number of anilines is 1. The summed E-state index contributed by atoms with van der Waals surface area (Å²) in [5.74, 6) is 2.30. The Morgan fingerprint density at radius 2 is 1.94 bits per heavy atom. The van der Waals surface area contributed by atoms with E-state index in [9.17, 15) is 0 Å². The van der Waals surface area contributed by atoms with Crippen molar-refractivity contribution in [3.05, 3.63) is 24.3 Å². The number of hydrogen-bond donors (Lipinski definition) is 1. The standard InChI is InChI=1S/C12H14N2O2/c1-13-11-5-4-8-6-9(15-2)7-10(16-3)12(8)14-11/h4-7H,1-3H3,(H,13,14). The van der Waals surface area contributed by atoms with Crippen molar-refractivity contribution < 1.29 is 9.47 Å². The van der Waals surface area contributed by atoms with Gasteiger partial charge in [-0.05, 0) is 18.2 Å². The Bertz CT molecular complexity index is 512. The third-order valence-corrected chi connectivity index (χ3v) is 2.44. The first-order chi connectivity index (χ1) is 7.78. The van der Waals surface area contributed by atoms with Gasteiger partial charge in [0.15, 0.2) is 0 Å². The first-order valence-corrected chi connectivity index (χ1v) is 4.99. The quantitative estimate of drug-likeness (QED) is 0.858. The second kappa shape index (κ2) is 4.26. The molecule has 0 aliphatic carbocycles. The number of nitrogens with one attached hydrogen (secondary N) is 1. The molecule has 84 valence electrons. The molecular formula is C12H14N2O2. The van der Waals surface area contributed by atoms with Crippen LogP contribution in [0.25, 0.3) is 10.9 Å². The van der Waals surface area contributed by atoms with Crippen LogP contribution >= 0.6 is 0 Å². The van der Waals surface area contributed by atoms with Crippen molar-refractivity contribution in [2.24, 2.45) is 0 Å². The lowest BCUT2D eigenvalue weighted by molar-refractivity contribution is 0.397. The van der Waals surface area contributed by atoms with Crippen LogP contribution in [-0.2, 0) is 0 Å². The highest BCUT2D eigenvalue weighted by Crippen LogP contribution is 2.30. The van der Waals surface area contributed by atoms with Crippen molar-refractivity contribution in [1.82, 2.24) is 4.98 Å². The normalized spacial score (nSPS) is 10.2. The summed E-state index contributed by atoms with van der Waals surface area (Å²) in [6, 6.07) is 7.67. The van der Waals surface area contributed by atoms with Gasteiger partial charge in [-0.15, -0.1) is 0 Å². The zero-order valence-corrected chi connectivity index (χ0v) is 9.57. The van der Waals surface area contributed by atoms with Crippen LogP contribution in [0.2, 0.25) is 0 Å². The largest absolute Gasteiger partial charge is 0.497 e. The summed E-state index contributed by atoms with van der Waals surface area (Å²) in [4.78, 5) is 4.45. The maximum absolute atomic E-state index is 5.30. The monoisotopic (exact) mass is 218 g/mol. The van der Waals surface area contributed by atoms with E-state index in [0.29, 0.717) is 5.75 Å². The van der Waals surface area contributed by atoms with Gasteiger partial charge in [0, 0.05) is 18.5 Å². The molecule has 0 aliphatic rings. The summed E-state index contributed by atoms with van der Waals surface area (Å²) in [5.41, 5.74) is 0.829. The van der Waals surface area contributed by atoms with Gasteiger partial charge in [0.25, 0.3) is 0 Å². The lowest BCUT2D eigenvalue weighted by atomic mass is 10.2. The van der Waals surface area contributed by atoms with Crippen molar-refractivity contribution in [3.8, 4) is 11.5 Å². The number of rotatable bonds is 3. The molecule has 4 nitrogen and oxygen atoms in total. The Kier molecular flexibility index (Phi) is 2.81. The molecule has 1 aromatic carbocycles. The summed E-state index contributed by atoms with van der Waals surface area (Å²) in [6.07, 6.45) is 0. The summed E-state index contributed by atoms with van der Waals surface area (Å²) < 4.78 is 10.5. The number of pyridine rings is 1. The highest BCUT2D eigenvalue weighted by molar-refractivity contribution is 5.87. The molecule has 0 radical (unpaired) electrons. The van der Waals surface area contributed by atoms with Crippen molar-refractivity contribution in [1.29, 1.82) is 0 Å². The minimum Gasteiger partial charge on any atom is -0.497 e. The zero-order valence-electron chi connectivity index (χ0n) is 9.57. The van der Waals surface area contributed by atoms with Crippen LogP contribution in [0.3, 0.4) is 0 Å². The fraction of sp³-hybridized carbons (Fsp3) is 0.250. The predicted octanol–water partition coefficient (Wildman–Crippen LogP) is 2.29. The third-order valence-electron chi connectivity index (χ3n) is 2.44. The fourth-order valence-electron chi connectivity index (χ4n) is 1.59. The smallest absolute Gasteiger partial charge is 0.148 e. The Hall–Kier alpha value is -1.97. The average molecular weight is 218 g/mol. The van der Waals surface area contributed by atoms with Gasteiger partial charge in [-0.3, -0.25) is 0 Å². The molecule has 0 fully saturated rings. The molecule has 0 saturated heterocycles. The van der Waals surface area contributed by atoms with Crippen LogP contribution in [0.15, 0.2) is 24.3 Å². The highest BCUT2D eigenvalue weighted by Gasteiger charge is 2.07. The third kappa shape index (κ3) is 1.74. The Balaban J connectivity index is 2.69. The van der Waals surface area contributed by atoms with Gasteiger partial charge >= 0.3 is 0 Å². The van der Waals surface area contributed by atoms with Gasteiger partial charge in [0.1, 0.15) is 22.8 Å². The van der Waals surface area contributed by atoms with Crippen LogP contribution in [0.1, 0.15) is 0 Å². The number of aromatic nitrogens is 1. The predicted molar refractivity (Wildman–Crippen MR) is 64.4 cm³/mol. The topological polar surface area (TPSA) is 43.4 Å². The molecule has 4 heteroatoms. The molecule has 1 heterocycles. The fourth-order valence-corrected chi connectivity index (χ4v) is 1.59. The average Bonchev–Trinajstić information content (AvgIpc) is 2.36. The van der Waals surface area contributed by atoms with E-state index in [0.717, 1.165) is 22.5 Å². The number of methoxy groups -OCH3 is 2. The van der Waals surface area contributed by atoms with E-state index >= 15 is 0 Å². The molecule has 16 heavy (non-hydrogen) atoms. The van der Waals surface area contributed by atoms with Crippen LogP contribution in [0.5, 0.6) is 11.5 Å². The molecule has 0 atom stereocenters.